The van der Waals surface area contributed by atoms with E-state index in [1.807, 2.05) is 12.3 Å². The second-order valence-electron chi connectivity index (χ2n) is 6.05. The van der Waals surface area contributed by atoms with Crippen LogP contribution in [-0.2, 0) is 10.2 Å². The molecule has 1 aromatic rings. The zero-order valence-electron chi connectivity index (χ0n) is 11.5. The number of carbonyl (C=O) groups is 1. The predicted molar refractivity (Wildman–Crippen MR) is 74.0 cm³/mol. The maximum atomic E-state index is 11.1. The van der Waals surface area contributed by atoms with Crippen molar-refractivity contribution in [1.29, 1.82) is 0 Å². The van der Waals surface area contributed by atoms with E-state index in [1.165, 1.54) is 5.56 Å². The SMILES string of the molecule is CC(C)(C)c1ccc(N2CCCCC2C=O)nc1. The third-order valence-electron chi connectivity index (χ3n) is 3.61. The lowest BCUT2D eigenvalue weighted by Gasteiger charge is -2.33. The van der Waals surface area contributed by atoms with Gasteiger partial charge < -0.3 is 9.69 Å². The molecule has 1 atom stereocenters. The lowest BCUT2D eigenvalue weighted by atomic mass is 9.88. The maximum absolute atomic E-state index is 11.1. The minimum absolute atomic E-state index is 0.00624. The van der Waals surface area contributed by atoms with Crippen LogP contribution in [0, 0.1) is 0 Å². The topological polar surface area (TPSA) is 33.2 Å². The number of nitrogens with zero attached hydrogens (tertiary/aromatic N) is 2. The summed E-state index contributed by atoms with van der Waals surface area (Å²) >= 11 is 0. The molecule has 0 bridgehead atoms. The van der Waals surface area contributed by atoms with Gasteiger partial charge in [-0.05, 0) is 36.3 Å². The smallest absolute Gasteiger partial charge is 0.142 e. The fraction of sp³-hybridized carbons (Fsp3) is 0.600. The van der Waals surface area contributed by atoms with Crippen molar-refractivity contribution in [2.45, 2.75) is 51.5 Å². The molecule has 2 rings (SSSR count). The monoisotopic (exact) mass is 246 g/mol. The first-order valence-electron chi connectivity index (χ1n) is 6.71. The van der Waals surface area contributed by atoms with Gasteiger partial charge in [0.25, 0.3) is 0 Å². The van der Waals surface area contributed by atoms with Gasteiger partial charge in [0.05, 0.1) is 6.04 Å². The van der Waals surface area contributed by atoms with Gasteiger partial charge in [-0.25, -0.2) is 4.98 Å². The first kappa shape index (κ1) is 13.1. The van der Waals surface area contributed by atoms with Crippen LogP contribution in [-0.4, -0.2) is 23.9 Å². The highest BCUT2D eigenvalue weighted by atomic mass is 16.1. The summed E-state index contributed by atoms with van der Waals surface area (Å²) in [5.74, 6) is 0.930. The molecule has 1 aromatic heterocycles. The lowest BCUT2D eigenvalue weighted by molar-refractivity contribution is -0.109. The summed E-state index contributed by atoms with van der Waals surface area (Å²) in [5, 5.41) is 0. The molecule has 0 aliphatic carbocycles. The van der Waals surface area contributed by atoms with Crippen LogP contribution >= 0.6 is 0 Å². The van der Waals surface area contributed by atoms with Crippen LogP contribution in [0.5, 0.6) is 0 Å². The number of rotatable bonds is 2. The van der Waals surface area contributed by atoms with Crippen molar-refractivity contribution < 1.29 is 4.79 Å². The van der Waals surface area contributed by atoms with Crippen molar-refractivity contribution in [3.63, 3.8) is 0 Å². The van der Waals surface area contributed by atoms with E-state index in [4.69, 9.17) is 0 Å². The first-order chi connectivity index (χ1) is 8.52. The minimum atomic E-state index is 0.00624. The third-order valence-corrected chi connectivity index (χ3v) is 3.61. The van der Waals surface area contributed by atoms with Gasteiger partial charge in [-0.2, -0.15) is 0 Å². The molecule has 3 nitrogen and oxygen atoms in total. The van der Waals surface area contributed by atoms with Gasteiger partial charge in [-0.3, -0.25) is 0 Å². The Morgan fingerprint density at radius 2 is 2.11 bits per heavy atom. The van der Waals surface area contributed by atoms with Crippen LogP contribution in [0.4, 0.5) is 5.82 Å². The van der Waals surface area contributed by atoms with Crippen molar-refractivity contribution >= 4 is 12.1 Å². The molecule has 18 heavy (non-hydrogen) atoms. The van der Waals surface area contributed by atoms with E-state index in [0.29, 0.717) is 0 Å². The zero-order chi connectivity index (χ0) is 13.2. The molecular formula is C15H22N2O. The molecular weight excluding hydrogens is 224 g/mol. The molecule has 0 amide bonds. The third kappa shape index (κ3) is 2.71. The van der Waals surface area contributed by atoms with E-state index >= 15 is 0 Å². The van der Waals surface area contributed by atoms with Crippen molar-refractivity contribution in [1.82, 2.24) is 4.98 Å². The highest BCUT2D eigenvalue weighted by molar-refractivity contribution is 5.65. The fourth-order valence-corrected chi connectivity index (χ4v) is 2.38. The van der Waals surface area contributed by atoms with E-state index in [-0.39, 0.29) is 11.5 Å². The van der Waals surface area contributed by atoms with Gasteiger partial charge in [-0.1, -0.05) is 26.8 Å². The number of hydrogen-bond donors (Lipinski definition) is 0. The summed E-state index contributed by atoms with van der Waals surface area (Å²) in [5.41, 5.74) is 1.35. The Kier molecular flexibility index (Phi) is 3.69. The average Bonchev–Trinajstić information content (AvgIpc) is 2.38. The van der Waals surface area contributed by atoms with Gasteiger partial charge in [0.1, 0.15) is 12.1 Å². The van der Waals surface area contributed by atoms with E-state index in [1.54, 1.807) is 0 Å². The van der Waals surface area contributed by atoms with Crippen molar-refractivity contribution in [2.24, 2.45) is 0 Å². The van der Waals surface area contributed by atoms with E-state index in [9.17, 15) is 4.79 Å². The van der Waals surface area contributed by atoms with Crippen molar-refractivity contribution in [2.75, 3.05) is 11.4 Å². The minimum Gasteiger partial charge on any atom is -0.347 e. The first-order valence-corrected chi connectivity index (χ1v) is 6.71. The molecule has 3 heteroatoms. The lowest BCUT2D eigenvalue weighted by Crippen LogP contribution is -2.41. The van der Waals surface area contributed by atoms with Gasteiger partial charge in [0, 0.05) is 12.7 Å². The Hall–Kier alpha value is -1.38. The molecule has 0 N–H and O–H groups in total. The number of aromatic nitrogens is 1. The highest BCUT2D eigenvalue weighted by Crippen LogP contribution is 2.26. The van der Waals surface area contributed by atoms with Crippen LogP contribution in [0.25, 0.3) is 0 Å². The molecule has 1 unspecified atom stereocenters. The summed E-state index contributed by atoms with van der Waals surface area (Å²) in [6.45, 7) is 7.47. The van der Waals surface area contributed by atoms with Crippen LogP contribution in [0.15, 0.2) is 18.3 Å². The molecule has 0 spiro atoms. The summed E-state index contributed by atoms with van der Waals surface area (Å²) in [6, 6.07) is 4.17. The van der Waals surface area contributed by atoms with Crippen molar-refractivity contribution in [3.8, 4) is 0 Å². The van der Waals surface area contributed by atoms with E-state index in [2.05, 4.69) is 36.7 Å². The van der Waals surface area contributed by atoms with Crippen LogP contribution in [0.3, 0.4) is 0 Å². The molecule has 1 aliphatic heterocycles. The number of piperidine rings is 1. The Bertz CT molecular complexity index is 405. The number of anilines is 1. The van der Waals surface area contributed by atoms with Gasteiger partial charge in [0.2, 0.25) is 0 Å². The molecule has 1 saturated heterocycles. The standard InChI is InChI=1S/C15H22N2O/c1-15(2,3)12-7-8-14(16-10-12)17-9-5-4-6-13(17)11-18/h7-8,10-11,13H,4-6,9H2,1-3H3. The summed E-state index contributed by atoms with van der Waals surface area (Å²) in [6.07, 6.45) is 6.23. The van der Waals surface area contributed by atoms with E-state index < -0.39 is 0 Å². The van der Waals surface area contributed by atoms with Gasteiger partial charge in [-0.15, -0.1) is 0 Å². The molecule has 0 aromatic carbocycles. The number of hydrogen-bond acceptors (Lipinski definition) is 3. The van der Waals surface area contributed by atoms with Crippen LogP contribution < -0.4 is 4.90 Å². The molecule has 1 aliphatic rings. The molecule has 2 heterocycles. The molecule has 1 fully saturated rings. The maximum Gasteiger partial charge on any atom is 0.142 e. The van der Waals surface area contributed by atoms with E-state index in [0.717, 1.165) is 37.9 Å². The summed E-state index contributed by atoms with van der Waals surface area (Å²) in [7, 11) is 0. The Morgan fingerprint density at radius 1 is 1.33 bits per heavy atom. The Labute approximate surface area is 109 Å². The zero-order valence-corrected chi connectivity index (χ0v) is 11.5. The molecule has 0 radical (unpaired) electrons. The highest BCUT2D eigenvalue weighted by Gasteiger charge is 2.23. The van der Waals surface area contributed by atoms with Crippen LogP contribution in [0.2, 0.25) is 0 Å². The number of aldehydes is 1. The number of pyridine rings is 1. The molecule has 0 saturated carbocycles. The largest absolute Gasteiger partial charge is 0.347 e. The van der Waals surface area contributed by atoms with Crippen LogP contribution in [0.1, 0.15) is 45.6 Å². The number of carbonyl (C=O) groups excluding carboxylic acids is 1. The fourth-order valence-electron chi connectivity index (χ4n) is 2.38. The second-order valence-corrected chi connectivity index (χ2v) is 6.05. The van der Waals surface area contributed by atoms with Gasteiger partial charge >= 0.3 is 0 Å². The second kappa shape index (κ2) is 5.09. The normalized spacial score (nSPS) is 20.8. The Morgan fingerprint density at radius 3 is 2.67 bits per heavy atom. The average molecular weight is 246 g/mol. The van der Waals surface area contributed by atoms with Crippen molar-refractivity contribution in [3.05, 3.63) is 23.9 Å². The molecule has 98 valence electrons. The predicted octanol–water partition coefficient (Wildman–Crippen LogP) is 2.94. The summed E-state index contributed by atoms with van der Waals surface area (Å²) in [4.78, 5) is 17.8. The van der Waals surface area contributed by atoms with Gasteiger partial charge in [0.15, 0.2) is 0 Å². The Balaban J connectivity index is 2.20. The summed E-state index contributed by atoms with van der Waals surface area (Å²) < 4.78 is 0. The quantitative estimate of drug-likeness (QED) is 0.752.